The fraction of sp³-hybridized carbons (Fsp3) is 0.0351. The molecule has 1 aliphatic rings. The normalized spacial score (nSPS) is 13.1. The van der Waals surface area contributed by atoms with Crippen molar-refractivity contribution in [2.24, 2.45) is 0 Å². The van der Waals surface area contributed by atoms with Crippen LogP contribution in [-0.4, -0.2) is 24.1 Å². The average Bonchev–Trinajstić information content (AvgIpc) is 3.85. The Bertz CT molecular complexity index is 3860. The van der Waals surface area contributed by atoms with Gasteiger partial charge in [0.15, 0.2) is 17.5 Å². The summed E-state index contributed by atoms with van der Waals surface area (Å²) in [5, 5.41) is 12.1. The molecule has 0 spiro atoms. The van der Waals surface area contributed by atoms with Gasteiger partial charge in [-0.3, -0.25) is 0 Å². The molecule has 1 aliphatic carbocycles. The lowest BCUT2D eigenvalue weighted by molar-refractivity contribution is 0.978. The van der Waals surface area contributed by atoms with E-state index >= 15 is 0 Å². The first-order valence-electron chi connectivity index (χ1n) is 21.3. The molecule has 3 heterocycles. The van der Waals surface area contributed by atoms with Crippen molar-refractivity contribution in [3.63, 3.8) is 0 Å². The smallest absolute Gasteiger partial charge is 0.164 e. The van der Waals surface area contributed by atoms with Crippen LogP contribution >= 0.6 is 0 Å². The number of hydrogen-bond acceptors (Lipinski definition) is 3. The predicted molar refractivity (Wildman–Crippen MR) is 258 cm³/mol. The Morgan fingerprint density at radius 1 is 0.371 bits per heavy atom. The van der Waals surface area contributed by atoms with E-state index in [4.69, 9.17) is 15.0 Å². The Morgan fingerprint density at radius 3 is 1.81 bits per heavy atom. The number of fused-ring (bicyclic) bond motifs is 10. The second-order valence-electron chi connectivity index (χ2n) is 16.3. The highest BCUT2D eigenvalue weighted by atomic mass is 15.0. The van der Waals surface area contributed by atoms with Gasteiger partial charge in [-0.2, -0.15) is 0 Å². The number of rotatable bonds is 5. The molecule has 12 aromatic rings. The summed E-state index contributed by atoms with van der Waals surface area (Å²) in [6.45, 7) is 0. The van der Waals surface area contributed by atoms with Crippen LogP contribution in [0.15, 0.2) is 200 Å². The molecule has 0 aliphatic heterocycles. The van der Waals surface area contributed by atoms with E-state index in [-0.39, 0.29) is 0 Å². The van der Waals surface area contributed by atoms with Gasteiger partial charge in [-0.1, -0.05) is 164 Å². The molecule has 0 amide bonds. The molecule has 0 radical (unpaired) electrons. The SMILES string of the molecule is C1=CCCC(c2nc(-c3ccccc3)nc(-c3ccc4c(-n5c6ccccc6c6cc7c8ccc9ccccc9c8n(-c8cccc9ccccc89)c7cc65)cccc4c3)n2)=C1. The summed E-state index contributed by atoms with van der Waals surface area (Å²) in [5.74, 6) is 2.09. The maximum Gasteiger partial charge on any atom is 0.164 e. The van der Waals surface area contributed by atoms with Gasteiger partial charge in [0.25, 0.3) is 0 Å². The molecule has 0 unspecified atom stereocenters. The molecular weight excluding hydrogens is 755 g/mol. The Balaban J connectivity index is 1.06. The zero-order valence-electron chi connectivity index (χ0n) is 33.7. The van der Waals surface area contributed by atoms with E-state index in [0.29, 0.717) is 11.6 Å². The number of allylic oxidation sites excluding steroid dienone is 4. The van der Waals surface area contributed by atoms with E-state index in [1.54, 1.807) is 0 Å². The zero-order chi connectivity index (χ0) is 40.7. The number of benzene rings is 9. The molecule has 5 heteroatoms. The monoisotopic (exact) mass is 791 g/mol. The molecule has 0 bridgehead atoms. The molecule has 62 heavy (non-hydrogen) atoms. The van der Waals surface area contributed by atoms with Crippen molar-refractivity contribution in [1.82, 2.24) is 24.1 Å². The second kappa shape index (κ2) is 13.7. The van der Waals surface area contributed by atoms with Crippen LogP contribution in [0.4, 0.5) is 0 Å². The van der Waals surface area contributed by atoms with Gasteiger partial charge in [0.1, 0.15) is 0 Å². The third kappa shape index (κ3) is 5.31. The molecule has 0 saturated heterocycles. The summed E-state index contributed by atoms with van der Waals surface area (Å²) in [5.41, 5.74) is 10.1. The number of aromatic nitrogens is 5. The molecule has 3 aromatic heterocycles. The number of nitrogens with zero attached hydrogens (tertiary/aromatic N) is 5. The van der Waals surface area contributed by atoms with Crippen molar-refractivity contribution < 1.29 is 0 Å². The molecule has 0 atom stereocenters. The first kappa shape index (κ1) is 34.7. The van der Waals surface area contributed by atoms with Gasteiger partial charge >= 0.3 is 0 Å². The van der Waals surface area contributed by atoms with Gasteiger partial charge in [0, 0.05) is 48.8 Å². The maximum absolute atomic E-state index is 5.10. The van der Waals surface area contributed by atoms with Crippen LogP contribution in [-0.2, 0) is 0 Å². The lowest BCUT2D eigenvalue weighted by Gasteiger charge is -2.15. The minimum atomic E-state index is 0.671. The minimum Gasteiger partial charge on any atom is -0.309 e. The Hall–Kier alpha value is -8.15. The van der Waals surface area contributed by atoms with Crippen LogP contribution < -0.4 is 0 Å². The summed E-state index contributed by atoms with van der Waals surface area (Å²) in [6.07, 6.45) is 8.31. The fourth-order valence-corrected chi connectivity index (χ4v) is 9.91. The third-order valence-electron chi connectivity index (χ3n) is 12.8. The molecule has 0 saturated carbocycles. The van der Waals surface area contributed by atoms with Crippen LogP contribution in [0.5, 0.6) is 0 Å². The van der Waals surface area contributed by atoms with Crippen LogP contribution in [0.3, 0.4) is 0 Å². The van der Waals surface area contributed by atoms with Crippen molar-refractivity contribution in [2.75, 3.05) is 0 Å². The standard InChI is InChI=1S/C57H37N5/c1-3-17-38(18-4-1)55-58-56(39-19-5-2-6-20-39)60-57(59-55)41-30-31-43-40(33-41)22-14-27-49(43)61-51-26-12-11-25-45(51)47-34-48-46-32-29-37-16-8-10-24-44(37)54(46)62(53(48)35-52(47)61)50-28-13-21-36-15-7-9-23-42(36)50/h1-5,7-19,21-35H,6,20H2. The average molecular weight is 792 g/mol. The van der Waals surface area contributed by atoms with Crippen molar-refractivity contribution in [1.29, 1.82) is 0 Å². The minimum absolute atomic E-state index is 0.671. The lowest BCUT2D eigenvalue weighted by atomic mass is 10.0. The Labute approximate surface area is 357 Å². The van der Waals surface area contributed by atoms with E-state index in [9.17, 15) is 0 Å². The summed E-state index contributed by atoms with van der Waals surface area (Å²) < 4.78 is 4.98. The number of para-hydroxylation sites is 1. The molecule has 0 fully saturated rings. The van der Waals surface area contributed by atoms with Crippen LogP contribution in [0.2, 0.25) is 0 Å². The first-order valence-corrected chi connectivity index (χ1v) is 21.3. The van der Waals surface area contributed by atoms with Gasteiger partial charge in [-0.05, 0) is 71.0 Å². The highest BCUT2D eigenvalue weighted by molar-refractivity contribution is 6.24. The van der Waals surface area contributed by atoms with Gasteiger partial charge < -0.3 is 9.13 Å². The van der Waals surface area contributed by atoms with Gasteiger partial charge in [-0.15, -0.1) is 0 Å². The second-order valence-corrected chi connectivity index (χ2v) is 16.3. The Morgan fingerprint density at radius 2 is 0.984 bits per heavy atom. The molecule has 9 aromatic carbocycles. The fourth-order valence-electron chi connectivity index (χ4n) is 9.91. The van der Waals surface area contributed by atoms with Crippen LogP contribution in [0.25, 0.3) is 116 Å². The van der Waals surface area contributed by atoms with Gasteiger partial charge in [0.05, 0.1) is 33.4 Å². The van der Waals surface area contributed by atoms with Crippen LogP contribution in [0.1, 0.15) is 18.7 Å². The largest absolute Gasteiger partial charge is 0.309 e. The maximum atomic E-state index is 5.10. The molecule has 5 nitrogen and oxygen atoms in total. The molecule has 0 N–H and O–H groups in total. The van der Waals surface area contributed by atoms with E-state index < -0.39 is 0 Å². The molecule has 290 valence electrons. The van der Waals surface area contributed by atoms with E-state index in [1.165, 1.54) is 65.3 Å². The van der Waals surface area contributed by atoms with Crippen molar-refractivity contribution >= 4 is 81.5 Å². The van der Waals surface area contributed by atoms with E-state index in [2.05, 4.69) is 191 Å². The van der Waals surface area contributed by atoms with E-state index in [0.717, 1.165) is 57.3 Å². The van der Waals surface area contributed by atoms with Gasteiger partial charge in [0.2, 0.25) is 0 Å². The molecular formula is C57H37N5. The Kier molecular flexibility index (Phi) is 7.66. The van der Waals surface area contributed by atoms with E-state index in [1.807, 2.05) is 18.2 Å². The third-order valence-corrected chi connectivity index (χ3v) is 12.8. The number of hydrogen-bond donors (Lipinski definition) is 0. The van der Waals surface area contributed by atoms with Gasteiger partial charge in [-0.25, -0.2) is 15.0 Å². The first-order chi connectivity index (χ1) is 30.7. The van der Waals surface area contributed by atoms with Crippen LogP contribution in [0, 0.1) is 0 Å². The van der Waals surface area contributed by atoms with Crippen molar-refractivity contribution in [3.05, 3.63) is 206 Å². The lowest BCUT2D eigenvalue weighted by Crippen LogP contribution is -2.03. The summed E-state index contributed by atoms with van der Waals surface area (Å²) in [6, 6.07) is 65.9. The molecule has 13 rings (SSSR count). The van der Waals surface area contributed by atoms with Crippen molar-refractivity contribution in [3.8, 4) is 34.2 Å². The zero-order valence-corrected chi connectivity index (χ0v) is 33.7. The van der Waals surface area contributed by atoms with Crippen molar-refractivity contribution in [2.45, 2.75) is 12.8 Å². The summed E-state index contributed by atoms with van der Waals surface area (Å²) >= 11 is 0. The summed E-state index contributed by atoms with van der Waals surface area (Å²) in [4.78, 5) is 15.2. The predicted octanol–water partition coefficient (Wildman–Crippen LogP) is 14.6. The topological polar surface area (TPSA) is 48.5 Å². The quantitative estimate of drug-likeness (QED) is 0.174. The highest BCUT2D eigenvalue weighted by Gasteiger charge is 2.22. The summed E-state index contributed by atoms with van der Waals surface area (Å²) in [7, 11) is 0. The highest BCUT2D eigenvalue weighted by Crippen LogP contribution is 2.43.